The number of rotatable bonds is 3. The lowest BCUT2D eigenvalue weighted by Crippen LogP contribution is -2.51. The molecule has 2 aliphatic heterocycles. The molecule has 0 saturated carbocycles. The SMILES string of the molecule is CC1NCCCC1NS(=O)(=O)c1cc2c(cc1Cl)OCCO2. The monoisotopic (exact) mass is 346 g/mol. The first-order valence-electron chi connectivity index (χ1n) is 7.32. The third kappa shape index (κ3) is 3.17. The standard InChI is InChI=1S/C14H19ClN2O4S/c1-9-11(3-2-4-16-9)17-22(18,19)14-8-13-12(7-10(14)15)20-5-6-21-13/h7-9,11,16-17H,2-6H2,1H3. The molecule has 2 aliphatic rings. The number of piperidine rings is 1. The average molecular weight is 347 g/mol. The first kappa shape index (κ1) is 15.9. The van der Waals surface area contributed by atoms with Crippen LogP contribution in [-0.4, -0.2) is 40.3 Å². The minimum atomic E-state index is -3.71. The molecule has 1 fully saturated rings. The molecule has 122 valence electrons. The van der Waals surface area contributed by atoms with Crippen molar-refractivity contribution in [3.05, 3.63) is 17.2 Å². The van der Waals surface area contributed by atoms with Gasteiger partial charge in [-0.05, 0) is 26.3 Å². The number of benzene rings is 1. The highest BCUT2D eigenvalue weighted by Crippen LogP contribution is 2.37. The molecule has 1 aromatic rings. The van der Waals surface area contributed by atoms with E-state index in [4.69, 9.17) is 21.1 Å². The molecule has 2 atom stereocenters. The fraction of sp³-hybridized carbons (Fsp3) is 0.571. The van der Waals surface area contributed by atoms with Crippen molar-refractivity contribution in [2.24, 2.45) is 0 Å². The Morgan fingerprint density at radius 3 is 2.64 bits per heavy atom. The molecule has 1 aromatic carbocycles. The van der Waals surface area contributed by atoms with E-state index in [0.29, 0.717) is 24.7 Å². The van der Waals surface area contributed by atoms with Gasteiger partial charge in [0.1, 0.15) is 18.1 Å². The maximum atomic E-state index is 12.6. The van der Waals surface area contributed by atoms with E-state index in [1.165, 1.54) is 12.1 Å². The Kier molecular flexibility index (Phi) is 4.49. The second-order valence-corrected chi connectivity index (χ2v) is 7.63. The van der Waals surface area contributed by atoms with Gasteiger partial charge in [-0.3, -0.25) is 0 Å². The van der Waals surface area contributed by atoms with Crippen LogP contribution in [0.25, 0.3) is 0 Å². The summed E-state index contributed by atoms with van der Waals surface area (Å²) in [6.07, 6.45) is 1.74. The van der Waals surface area contributed by atoms with E-state index in [0.717, 1.165) is 19.4 Å². The zero-order valence-electron chi connectivity index (χ0n) is 12.3. The predicted molar refractivity (Wildman–Crippen MR) is 83.3 cm³/mol. The summed E-state index contributed by atoms with van der Waals surface area (Å²) in [6, 6.07) is 2.86. The van der Waals surface area contributed by atoms with Crippen molar-refractivity contribution < 1.29 is 17.9 Å². The summed E-state index contributed by atoms with van der Waals surface area (Å²) in [6.45, 7) is 3.70. The molecule has 2 heterocycles. The third-order valence-electron chi connectivity index (χ3n) is 3.95. The van der Waals surface area contributed by atoms with Gasteiger partial charge in [-0.15, -0.1) is 0 Å². The van der Waals surface area contributed by atoms with Crippen molar-refractivity contribution >= 4 is 21.6 Å². The molecule has 2 unspecified atom stereocenters. The van der Waals surface area contributed by atoms with Crippen LogP contribution in [0.1, 0.15) is 19.8 Å². The molecular weight excluding hydrogens is 328 g/mol. The van der Waals surface area contributed by atoms with Crippen LogP contribution in [0.2, 0.25) is 5.02 Å². The minimum absolute atomic E-state index is 0.0243. The van der Waals surface area contributed by atoms with E-state index in [9.17, 15) is 8.42 Å². The highest BCUT2D eigenvalue weighted by molar-refractivity contribution is 7.89. The van der Waals surface area contributed by atoms with Gasteiger partial charge in [-0.2, -0.15) is 0 Å². The summed E-state index contributed by atoms with van der Waals surface area (Å²) in [5.74, 6) is 0.883. The highest BCUT2D eigenvalue weighted by atomic mass is 35.5. The number of hydrogen-bond acceptors (Lipinski definition) is 5. The average Bonchev–Trinajstić information content (AvgIpc) is 2.48. The van der Waals surface area contributed by atoms with Gasteiger partial charge in [-0.25, -0.2) is 13.1 Å². The fourth-order valence-corrected chi connectivity index (χ4v) is 4.60. The third-order valence-corrected chi connectivity index (χ3v) is 5.91. The van der Waals surface area contributed by atoms with Crippen LogP contribution in [0.5, 0.6) is 11.5 Å². The van der Waals surface area contributed by atoms with Gasteiger partial charge in [0.05, 0.1) is 5.02 Å². The van der Waals surface area contributed by atoms with Gasteiger partial charge in [-0.1, -0.05) is 11.6 Å². The van der Waals surface area contributed by atoms with Crippen LogP contribution in [0, 0.1) is 0 Å². The second-order valence-electron chi connectivity index (χ2n) is 5.54. The van der Waals surface area contributed by atoms with Gasteiger partial charge in [0.2, 0.25) is 10.0 Å². The fourth-order valence-electron chi connectivity index (χ4n) is 2.72. The van der Waals surface area contributed by atoms with E-state index in [2.05, 4.69) is 10.0 Å². The Hall–Kier alpha value is -1.02. The number of nitrogens with one attached hydrogen (secondary N) is 2. The molecule has 0 amide bonds. The van der Waals surface area contributed by atoms with Crippen LogP contribution in [0.4, 0.5) is 0 Å². The predicted octanol–water partition coefficient (Wildman–Crippen LogP) is 1.53. The lowest BCUT2D eigenvalue weighted by molar-refractivity contribution is 0.171. The summed E-state index contributed by atoms with van der Waals surface area (Å²) in [5.41, 5.74) is 0. The zero-order chi connectivity index (χ0) is 15.7. The Morgan fingerprint density at radius 2 is 1.95 bits per heavy atom. The Bertz CT molecular complexity index is 665. The number of fused-ring (bicyclic) bond motifs is 1. The van der Waals surface area contributed by atoms with Crippen molar-refractivity contribution in [3.8, 4) is 11.5 Å². The Balaban J connectivity index is 1.88. The molecule has 0 bridgehead atoms. The summed E-state index contributed by atoms with van der Waals surface area (Å²) in [7, 11) is -3.71. The van der Waals surface area contributed by atoms with Crippen LogP contribution in [0.3, 0.4) is 0 Å². The summed E-state index contributed by atoms with van der Waals surface area (Å²) in [5, 5.41) is 3.40. The van der Waals surface area contributed by atoms with Crippen LogP contribution in [-0.2, 0) is 10.0 Å². The molecule has 0 aliphatic carbocycles. The normalized spacial score (nSPS) is 25.0. The maximum Gasteiger partial charge on any atom is 0.242 e. The van der Waals surface area contributed by atoms with E-state index in [1.807, 2.05) is 6.92 Å². The van der Waals surface area contributed by atoms with E-state index in [1.54, 1.807) is 0 Å². The van der Waals surface area contributed by atoms with E-state index in [-0.39, 0.29) is 22.0 Å². The molecule has 0 spiro atoms. The first-order chi connectivity index (χ1) is 10.5. The molecule has 0 radical (unpaired) electrons. The number of halogens is 1. The van der Waals surface area contributed by atoms with Gasteiger partial charge in [0.15, 0.2) is 11.5 Å². The van der Waals surface area contributed by atoms with Crippen molar-refractivity contribution in [1.29, 1.82) is 0 Å². The molecule has 3 rings (SSSR count). The molecule has 6 nitrogen and oxygen atoms in total. The minimum Gasteiger partial charge on any atom is -0.486 e. The first-order valence-corrected chi connectivity index (χ1v) is 9.18. The maximum absolute atomic E-state index is 12.6. The highest BCUT2D eigenvalue weighted by Gasteiger charge is 2.29. The van der Waals surface area contributed by atoms with Gasteiger partial charge >= 0.3 is 0 Å². The van der Waals surface area contributed by atoms with Crippen molar-refractivity contribution in [1.82, 2.24) is 10.0 Å². The van der Waals surface area contributed by atoms with Crippen LogP contribution >= 0.6 is 11.6 Å². The zero-order valence-corrected chi connectivity index (χ0v) is 13.8. The van der Waals surface area contributed by atoms with Crippen molar-refractivity contribution in [3.63, 3.8) is 0 Å². The van der Waals surface area contributed by atoms with Gasteiger partial charge in [0.25, 0.3) is 0 Å². The largest absolute Gasteiger partial charge is 0.486 e. The Morgan fingerprint density at radius 1 is 1.27 bits per heavy atom. The lowest BCUT2D eigenvalue weighted by Gasteiger charge is -2.30. The molecular formula is C14H19ClN2O4S. The smallest absolute Gasteiger partial charge is 0.242 e. The summed E-state index contributed by atoms with van der Waals surface area (Å²) < 4.78 is 38.8. The molecule has 0 aromatic heterocycles. The summed E-state index contributed by atoms with van der Waals surface area (Å²) >= 11 is 6.13. The molecule has 22 heavy (non-hydrogen) atoms. The van der Waals surface area contributed by atoms with E-state index >= 15 is 0 Å². The number of ether oxygens (including phenoxy) is 2. The molecule has 8 heteroatoms. The quantitative estimate of drug-likeness (QED) is 0.868. The molecule has 2 N–H and O–H groups in total. The van der Waals surface area contributed by atoms with Gasteiger partial charge < -0.3 is 14.8 Å². The topological polar surface area (TPSA) is 76.7 Å². The number of sulfonamides is 1. The lowest BCUT2D eigenvalue weighted by atomic mass is 10.0. The second kappa shape index (κ2) is 6.23. The Labute approximate surface area is 135 Å². The number of hydrogen-bond donors (Lipinski definition) is 2. The molecule has 1 saturated heterocycles. The summed E-state index contributed by atoms with van der Waals surface area (Å²) in [4.78, 5) is 0.0243. The van der Waals surface area contributed by atoms with Gasteiger partial charge in [0, 0.05) is 24.2 Å². The van der Waals surface area contributed by atoms with Crippen molar-refractivity contribution in [2.75, 3.05) is 19.8 Å². The van der Waals surface area contributed by atoms with E-state index < -0.39 is 10.0 Å². The van der Waals surface area contributed by atoms with Crippen LogP contribution < -0.4 is 19.5 Å². The van der Waals surface area contributed by atoms with Crippen LogP contribution in [0.15, 0.2) is 17.0 Å². The van der Waals surface area contributed by atoms with Crippen molar-refractivity contribution in [2.45, 2.75) is 36.7 Å².